The predicted molar refractivity (Wildman–Crippen MR) is 94.5 cm³/mol. The highest BCUT2D eigenvalue weighted by Crippen LogP contribution is 2.38. The van der Waals surface area contributed by atoms with Crippen molar-refractivity contribution < 1.29 is 28.7 Å². The third-order valence-corrected chi connectivity index (χ3v) is 3.82. The lowest BCUT2D eigenvalue weighted by Crippen LogP contribution is -2.22. The molecular weight excluding hydrogens is 380 g/mol. The summed E-state index contributed by atoms with van der Waals surface area (Å²) < 4.78 is 15.7. The van der Waals surface area contributed by atoms with E-state index < -0.39 is 23.4 Å². The number of nitrogens with zero attached hydrogens (tertiary/aromatic N) is 1. The van der Waals surface area contributed by atoms with Crippen LogP contribution in [0.15, 0.2) is 36.4 Å². The van der Waals surface area contributed by atoms with Crippen LogP contribution in [-0.2, 0) is 9.53 Å². The Morgan fingerprint density at radius 2 is 1.96 bits per heavy atom. The van der Waals surface area contributed by atoms with Crippen LogP contribution in [-0.4, -0.2) is 36.6 Å². The standard InChI is InChI=1S/C17H13ClN2O7/c18-11-7-10(8-14-16(11)26-6-5-25-14)17(22)27-9-15(21)19-12-3-1-2-4-13(12)20(23)24/h1-4,7-8H,5-6,9H2,(H,19,21). The fourth-order valence-corrected chi connectivity index (χ4v) is 2.63. The van der Waals surface area contributed by atoms with E-state index in [1.807, 2.05) is 0 Å². The number of esters is 1. The number of nitrogens with one attached hydrogen (secondary N) is 1. The summed E-state index contributed by atoms with van der Waals surface area (Å²) in [5.74, 6) is -0.869. The fraction of sp³-hybridized carbons (Fsp3) is 0.176. The van der Waals surface area contributed by atoms with Crippen LogP contribution in [0.3, 0.4) is 0 Å². The van der Waals surface area contributed by atoms with Gasteiger partial charge in [0.15, 0.2) is 18.1 Å². The normalized spacial score (nSPS) is 12.2. The molecule has 1 heterocycles. The number of nitro groups is 1. The molecule has 1 amide bonds. The number of halogens is 1. The number of amides is 1. The molecule has 0 aliphatic carbocycles. The number of para-hydroxylation sites is 2. The molecule has 9 nitrogen and oxygen atoms in total. The number of anilines is 1. The van der Waals surface area contributed by atoms with Gasteiger partial charge in [-0.05, 0) is 18.2 Å². The van der Waals surface area contributed by atoms with Gasteiger partial charge in [-0.2, -0.15) is 0 Å². The van der Waals surface area contributed by atoms with Crippen molar-refractivity contribution in [3.05, 3.63) is 57.1 Å². The van der Waals surface area contributed by atoms with Crippen LogP contribution >= 0.6 is 11.6 Å². The SMILES string of the molecule is O=C(COC(=O)c1cc(Cl)c2c(c1)OCCO2)Nc1ccccc1[N+](=O)[O-]. The zero-order valence-electron chi connectivity index (χ0n) is 13.8. The topological polar surface area (TPSA) is 117 Å². The number of benzene rings is 2. The lowest BCUT2D eigenvalue weighted by molar-refractivity contribution is -0.383. The van der Waals surface area contributed by atoms with Crippen molar-refractivity contribution >= 4 is 34.9 Å². The van der Waals surface area contributed by atoms with E-state index >= 15 is 0 Å². The van der Waals surface area contributed by atoms with E-state index in [1.54, 1.807) is 0 Å². The maximum absolute atomic E-state index is 12.1. The molecule has 0 bridgehead atoms. The van der Waals surface area contributed by atoms with Gasteiger partial charge >= 0.3 is 5.97 Å². The van der Waals surface area contributed by atoms with Crippen LogP contribution in [0.4, 0.5) is 11.4 Å². The number of hydrogen-bond donors (Lipinski definition) is 1. The molecule has 0 fully saturated rings. The number of rotatable bonds is 5. The van der Waals surface area contributed by atoms with Gasteiger partial charge in [-0.15, -0.1) is 0 Å². The van der Waals surface area contributed by atoms with Crippen LogP contribution in [0.2, 0.25) is 5.02 Å². The van der Waals surface area contributed by atoms with E-state index in [0.717, 1.165) is 0 Å². The Bertz CT molecular complexity index is 916. The molecule has 3 rings (SSSR count). The Morgan fingerprint density at radius 1 is 1.22 bits per heavy atom. The average Bonchev–Trinajstić information content (AvgIpc) is 2.66. The first kappa shape index (κ1) is 18.5. The maximum atomic E-state index is 12.1. The van der Waals surface area contributed by atoms with Crippen LogP contribution in [0.25, 0.3) is 0 Å². The quantitative estimate of drug-likeness (QED) is 0.472. The largest absolute Gasteiger partial charge is 0.486 e. The summed E-state index contributed by atoms with van der Waals surface area (Å²) in [6, 6.07) is 8.38. The Hall–Kier alpha value is -3.33. The summed E-state index contributed by atoms with van der Waals surface area (Å²) >= 11 is 6.05. The molecule has 10 heteroatoms. The van der Waals surface area contributed by atoms with Crippen molar-refractivity contribution in [3.8, 4) is 11.5 Å². The number of nitro benzene ring substituents is 1. The first-order valence-corrected chi connectivity index (χ1v) is 8.13. The van der Waals surface area contributed by atoms with Crippen LogP contribution in [0, 0.1) is 10.1 Å². The summed E-state index contributed by atoms with van der Waals surface area (Å²) in [6.45, 7) is 0.0410. The number of hydrogen-bond acceptors (Lipinski definition) is 7. The van der Waals surface area contributed by atoms with Crippen molar-refractivity contribution in [3.63, 3.8) is 0 Å². The van der Waals surface area contributed by atoms with Gasteiger partial charge in [0, 0.05) is 6.07 Å². The molecule has 2 aromatic carbocycles. The van der Waals surface area contributed by atoms with Crippen molar-refractivity contribution in [2.45, 2.75) is 0 Å². The van der Waals surface area contributed by atoms with E-state index in [4.69, 9.17) is 25.8 Å². The second-order valence-corrected chi connectivity index (χ2v) is 5.79. The minimum absolute atomic E-state index is 0.00548. The molecule has 0 saturated heterocycles. The molecule has 0 aromatic heterocycles. The third kappa shape index (κ3) is 4.26. The minimum atomic E-state index is -0.799. The Balaban J connectivity index is 1.63. The molecule has 140 valence electrons. The van der Waals surface area contributed by atoms with E-state index in [9.17, 15) is 19.7 Å². The van der Waals surface area contributed by atoms with Gasteiger partial charge in [0.2, 0.25) is 0 Å². The molecule has 0 spiro atoms. The summed E-state index contributed by atoms with van der Waals surface area (Å²) in [5.41, 5.74) is -0.176. The van der Waals surface area contributed by atoms with Gasteiger partial charge < -0.3 is 19.5 Å². The molecule has 1 aliphatic rings. The summed E-state index contributed by atoms with van der Waals surface area (Å²) in [7, 11) is 0. The van der Waals surface area contributed by atoms with E-state index in [-0.39, 0.29) is 22.0 Å². The second-order valence-electron chi connectivity index (χ2n) is 5.38. The van der Waals surface area contributed by atoms with Crippen molar-refractivity contribution in [1.82, 2.24) is 0 Å². The lowest BCUT2D eigenvalue weighted by Gasteiger charge is -2.19. The maximum Gasteiger partial charge on any atom is 0.338 e. The third-order valence-electron chi connectivity index (χ3n) is 3.54. The molecule has 0 unspecified atom stereocenters. The number of ether oxygens (including phenoxy) is 3. The lowest BCUT2D eigenvalue weighted by atomic mass is 10.2. The highest BCUT2D eigenvalue weighted by atomic mass is 35.5. The van der Waals surface area contributed by atoms with Crippen LogP contribution < -0.4 is 14.8 Å². The summed E-state index contributed by atoms with van der Waals surface area (Å²) in [6.07, 6.45) is 0. The Labute approximate surface area is 157 Å². The number of fused-ring (bicyclic) bond motifs is 1. The van der Waals surface area contributed by atoms with Gasteiger partial charge in [-0.25, -0.2) is 4.79 Å². The second kappa shape index (κ2) is 7.92. The van der Waals surface area contributed by atoms with Crippen LogP contribution in [0.5, 0.6) is 11.5 Å². The highest BCUT2D eigenvalue weighted by Gasteiger charge is 2.21. The van der Waals surface area contributed by atoms with Crippen molar-refractivity contribution in [1.29, 1.82) is 0 Å². The number of carbonyl (C=O) groups excluding carboxylic acids is 2. The van der Waals surface area contributed by atoms with Crippen molar-refractivity contribution in [2.75, 3.05) is 25.1 Å². The molecule has 1 aliphatic heterocycles. The molecule has 27 heavy (non-hydrogen) atoms. The first-order valence-electron chi connectivity index (χ1n) is 7.75. The molecule has 0 saturated carbocycles. The Kier molecular flexibility index (Phi) is 5.41. The van der Waals surface area contributed by atoms with Gasteiger partial charge in [-0.1, -0.05) is 23.7 Å². The fourth-order valence-electron chi connectivity index (χ4n) is 2.37. The number of carbonyl (C=O) groups is 2. The molecule has 0 radical (unpaired) electrons. The van der Waals surface area contributed by atoms with E-state index in [2.05, 4.69) is 5.32 Å². The monoisotopic (exact) mass is 392 g/mol. The van der Waals surface area contributed by atoms with E-state index in [1.165, 1.54) is 36.4 Å². The predicted octanol–water partition coefficient (Wildman–Crippen LogP) is 2.81. The minimum Gasteiger partial charge on any atom is -0.486 e. The average molecular weight is 393 g/mol. The zero-order chi connectivity index (χ0) is 19.4. The smallest absolute Gasteiger partial charge is 0.338 e. The zero-order valence-corrected chi connectivity index (χ0v) is 14.5. The first-order chi connectivity index (χ1) is 13.0. The Morgan fingerprint density at radius 3 is 2.74 bits per heavy atom. The van der Waals surface area contributed by atoms with Crippen molar-refractivity contribution in [2.24, 2.45) is 0 Å². The molecular formula is C17H13ClN2O7. The highest BCUT2D eigenvalue weighted by molar-refractivity contribution is 6.32. The summed E-state index contributed by atoms with van der Waals surface area (Å²) in [4.78, 5) is 34.4. The van der Waals surface area contributed by atoms with Gasteiger partial charge in [0.05, 0.1) is 15.5 Å². The molecule has 0 atom stereocenters. The van der Waals surface area contributed by atoms with Gasteiger partial charge in [0.25, 0.3) is 11.6 Å². The summed E-state index contributed by atoms with van der Waals surface area (Å²) in [5, 5.41) is 13.5. The molecule has 1 N–H and O–H groups in total. The van der Waals surface area contributed by atoms with Gasteiger partial charge in [-0.3, -0.25) is 14.9 Å². The van der Waals surface area contributed by atoms with Crippen LogP contribution in [0.1, 0.15) is 10.4 Å². The van der Waals surface area contributed by atoms with E-state index in [0.29, 0.717) is 24.7 Å². The van der Waals surface area contributed by atoms with Gasteiger partial charge in [0.1, 0.15) is 18.9 Å². The molecule has 2 aromatic rings.